The summed E-state index contributed by atoms with van der Waals surface area (Å²) in [6.45, 7) is 2.84. The summed E-state index contributed by atoms with van der Waals surface area (Å²) < 4.78 is 1.63. The van der Waals surface area contributed by atoms with E-state index in [4.69, 9.17) is 0 Å². The number of carbonyl (C=O) groups is 1. The van der Waals surface area contributed by atoms with E-state index in [-0.39, 0.29) is 18.3 Å². The molecule has 0 spiro atoms. The average Bonchev–Trinajstić information content (AvgIpc) is 3.10. The summed E-state index contributed by atoms with van der Waals surface area (Å²) >= 11 is 0. The highest BCUT2D eigenvalue weighted by Crippen LogP contribution is 2.16. The summed E-state index contributed by atoms with van der Waals surface area (Å²) in [5.74, 6) is 0.730. The van der Waals surface area contributed by atoms with Crippen LogP contribution in [0.25, 0.3) is 5.69 Å². The Hall–Kier alpha value is -1.99. The number of rotatable bonds is 4. The standard InChI is InChI=1S/C14H18N6O.ClH/c1-10-17-18-19-20(10)13-6-2-4-12(8-13)16-14(21)9-11-5-3-7-15-11;/h2,4,6,8,11,15H,3,5,7,9H2,1H3,(H,16,21);1H. The number of anilines is 1. The number of halogens is 1. The summed E-state index contributed by atoms with van der Waals surface area (Å²) in [6, 6.07) is 7.80. The van der Waals surface area contributed by atoms with Crippen LogP contribution in [-0.2, 0) is 4.79 Å². The van der Waals surface area contributed by atoms with E-state index in [9.17, 15) is 4.79 Å². The number of nitrogens with zero attached hydrogens (tertiary/aromatic N) is 4. The number of amides is 1. The highest BCUT2D eigenvalue weighted by Gasteiger charge is 2.17. The van der Waals surface area contributed by atoms with Gasteiger partial charge in [-0.2, -0.15) is 4.68 Å². The highest BCUT2D eigenvalue weighted by atomic mass is 35.5. The molecule has 2 aromatic rings. The van der Waals surface area contributed by atoms with E-state index in [0.29, 0.717) is 18.3 Å². The van der Waals surface area contributed by atoms with E-state index in [1.54, 1.807) is 4.68 Å². The van der Waals surface area contributed by atoms with Gasteiger partial charge in [0.25, 0.3) is 0 Å². The molecule has 1 amide bonds. The van der Waals surface area contributed by atoms with Crippen LogP contribution in [0.4, 0.5) is 5.69 Å². The van der Waals surface area contributed by atoms with Gasteiger partial charge >= 0.3 is 0 Å². The van der Waals surface area contributed by atoms with E-state index in [0.717, 1.165) is 30.8 Å². The summed E-state index contributed by atoms with van der Waals surface area (Å²) in [5.41, 5.74) is 1.58. The molecule has 2 N–H and O–H groups in total. The second-order valence-electron chi connectivity index (χ2n) is 5.23. The normalized spacial score (nSPS) is 17.0. The predicted molar refractivity (Wildman–Crippen MR) is 85.4 cm³/mol. The molecule has 1 saturated heterocycles. The first-order valence-electron chi connectivity index (χ1n) is 7.11. The van der Waals surface area contributed by atoms with E-state index < -0.39 is 0 Å². The molecular weight excluding hydrogens is 304 g/mol. The van der Waals surface area contributed by atoms with Crippen molar-refractivity contribution in [3.8, 4) is 5.69 Å². The van der Waals surface area contributed by atoms with Gasteiger partial charge in [-0.1, -0.05) is 6.07 Å². The number of benzene rings is 1. The van der Waals surface area contributed by atoms with Gasteiger partial charge in [0.1, 0.15) is 0 Å². The zero-order valence-electron chi connectivity index (χ0n) is 12.3. The van der Waals surface area contributed by atoms with Crippen LogP contribution in [0.15, 0.2) is 24.3 Å². The van der Waals surface area contributed by atoms with Crippen LogP contribution < -0.4 is 10.6 Å². The lowest BCUT2D eigenvalue weighted by Crippen LogP contribution is -2.27. The van der Waals surface area contributed by atoms with Gasteiger partial charge in [-0.3, -0.25) is 4.79 Å². The molecule has 1 atom stereocenters. The molecule has 1 aromatic carbocycles. The van der Waals surface area contributed by atoms with Crippen molar-refractivity contribution in [1.29, 1.82) is 0 Å². The Bertz CT molecular complexity index is 638. The summed E-state index contributed by atoms with van der Waals surface area (Å²) in [5, 5.41) is 17.7. The molecule has 1 unspecified atom stereocenters. The summed E-state index contributed by atoms with van der Waals surface area (Å²) in [6.07, 6.45) is 2.72. The number of carbonyl (C=O) groups excluding carboxylic acids is 1. The van der Waals surface area contributed by atoms with E-state index in [2.05, 4.69) is 26.2 Å². The Morgan fingerprint density at radius 2 is 2.36 bits per heavy atom. The quantitative estimate of drug-likeness (QED) is 0.890. The largest absolute Gasteiger partial charge is 0.326 e. The van der Waals surface area contributed by atoms with Crippen molar-refractivity contribution >= 4 is 24.0 Å². The van der Waals surface area contributed by atoms with Crippen LogP contribution >= 0.6 is 12.4 Å². The van der Waals surface area contributed by atoms with Crippen LogP contribution in [0.2, 0.25) is 0 Å². The maximum atomic E-state index is 12.0. The van der Waals surface area contributed by atoms with Gasteiger partial charge in [0.15, 0.2) is 5.82 Å². The Labute approximate surface area is 134 Å². The number of tetrazole rings is 1. The molecule has 0 radical (unpaired) electrons. The molecule has 1 aliphatic rings. The van der Waals surface area contributed by atoms with E-state index in [1.165, 1.54) is 0 Å². The lowest BCUT2D eigenvalue weighted by Gasteiger charge is -2.11. The maximum absolute atomic E-state index is 12.0. The van der Waals surface area contributed by atoms with Crippen molar-refractivity contribution in [1.82, 2.24) is 25.5 Å². The molecule has 1 fully saturated rings. The van der Waals surface area contributed by atoms with Crippen LogP contribution in [0, 0.1) is 6.92 Å². The van der Waals surface area contributed by atoms with Crippen LogP contribution in [0.5, 0.6) is 0 Å². The minimum Gasteiger partial charge on any atom is -0.326 e. The minimum absolute atomic E-state index is 0. The third-order valence-electron chi connectivity index (χ3n) is 3.59. The Kier molecular flexibility index (Phi) is 5.46. The number of aromatic nitrogens is 4. The number of aryl methyl sites for hydroxylation is 1. The molecule has 8 heteroatoms. The van der Waals surface area contributed by atoms with Gasteiger partial charge in [0.2, 0.25) is 5.91 Å². The molecule has 1 aliphatic heterocycles. The number of hydrogen-bond acceptors (Lipinski definition) is 5. The second kappa shape index (κ2) is 7.33. The Balaban J connectivity index is 0.00000176. The molecular formula is C14H19ClN6O. The van der Waals surface area contributed by atoms with Crippen molar-refractivity contribution in [2.45, 2.75) is 32.2 Å². The van der Waals surface area contributed by atoms with Crippen LogP contribution in [0.3, 0.4) is 0 Å². The maximum Gasteiger partial charge on any atom is 0.225 e. The van der Waals surface area contributed by atoms with Gasteiger partial charge in [-0.15, -0.1) is 17.5 Å². The zero-order valence-corrected chi connectivity index (χ0v) is 13.1. The predicted octanol–water partition coefficient (Wildman–Crippen LogP) is 1.47. The second-order valence-corrected chi connectivity index (χ2v) is 5.23. The fraction of sp³-hybridized carbons (Fsp3) is 0.429. The van der Waals surface area contributed by atoms with Crippen LogP contribution in [-0.4, -0.2) is 38.7 Å². The molecule has 0 saturated carbocycles. The fourth-order valence-corrected chi connectivity index (χ4v) is 2.55. The van der Waals surface area contributed by atoms with Gasteiger partial charge in [-0.05, 0) is 54.9 Å². The number of nitrogens with one attached hydrogen (secondary N) is 2. The van der Waals surface area contributed by atoms with Gasteiger partial charge in [0, 0.05) is 18.2 Å². The van der Waals surface area contributed by atoms with Crippen molar-refractivity contribution < 1.29 is 4.79 Å². The lowest BCUT2D eigenvalue weighted by molar-refractivity contribution is -0.116. The van der Waals surface area contributed by atoms with Gasteiger partial charge in [0.05, 0.1) is 5.69 Å². The first-order chi connectivity index (χ1) is 10.2. The highest BCUT2D eigenvalue weighted by molar-refractivity contribution is 5.91. The third kappa shape index (κ3) is 3.80. The van der Waals surface area contributed by atoms with E-state index in [1.807, 2.05) is 31.2 Å². The summed E-state index contributed by atoms with van der Waals surface area (Å²) in [4.78, 5) is 12.0. The lowest BCUT2D eigenvalue weighted by atomic mass is 10.1. The van der Waals surface area contributed by atoms with Crippen molar-refractivity contribution in [2.24, 2.45) is 0 Å². The summed E-state index contributed by atoms with van der Waals surface area (Å²) in [7, 11) is 0. The molecule has 3 rings (SSSR count). The smallest absolute Gasteiger partial charge is 0.225 e. The molecule has 0 aliphatic carbocycles. The molecule has 7 nitrogen and oxygen atoms in total. The first kappa shape index (κ1) is 16.4. The molecule has 118 valence electrons. The molecule has 2 heterocycles. The Morgan fingerprint density at radius 1 is 1.50 bits per heavy atom. The average molecular weight is 323 g/mol. The number of hydrogen-bond donors (Lipinski definition) is 2. The zero-order chi connectivity index (χ0) is 14.7. The molecule has 0 bridgehead atoms. The Morgan fingerprint density at radius 3 is 3.05 bits per heavy atom. The first-order valence-corrected chi connectivity index (χ1v) is 7.11. The molecule has 1 aromatic heterocycles. The van der Waals surface area contributed by atoms with Crippen molar-refractivity contribution in [2.75, 3.05) is 11.9 Å². The van der Waals surface area contributed by atoms with Crippen molar-refractivity contribution in [3.63, 3.8) is 0 Å². The monoisotopic (exact) mass is 322 g/mol. The SMILES string of the molecule is Cc1nnnn1-c1cccc(NC(=O)CC2CCCN2)c1.Cl. The molecule has 22 heavy (non-hydrogen) atoms. The minimum atomic E-state index is 0. The third-order valence-corrected chi connectivity index (χ3v) is 3.59. The van der Waals surface area contributed by atoms with Gasteiger partial charge < -0.3 is 10.6 Å². The van der Waals surface area contributed by atoms with Crippen molar-refractivity contribution in [3.05, 3.63) is 30.1 Å². The van der Waals surface area contributed by atoms with E-state index >= 15 is 0 Å². The fourth-order valence-electron chi connectivity index (χ4n) is 2.55. The van der Waals surface area contributed by atoms with Crippen LogP contribution in [0.1, 0.15) is 25.1 Å². The topological polar surface area (TPSA) is 84.7 Å². The van der Waals surface area contributed by atoms with Gasteiger partial charge in [-0.25, -0.2) is 0 Å².